The number of aromatic nitrogens is 3. The van der Waals surface area contributed by atoms with Crippen molar-refractivity contribution in [2.75, 3.05) is 7.11 Å². The number of benzene rings is 1. The van der Waals surface area contributed by atoms with Gasteiger partial charge in [-0.15, -0.1) is 0 Å². The molecule has 0 radical (unpaired) electrons. The van der Waals surface area contributed by atoms with Gasteiger partial charge in [-0.1, -0.05) is 6.07 Å². The topological polar surface area (TPSA) is 87.2 Å². The quantitative estimate of drug-likeness (QED) is 0.529. The van der Waals surface area contributed by atoms with Crippen LogP contribution in [0, 0.1) is 6.92 Å². The molecule has 0 unspecified atom stereocenters. The van der Waals surface area contributed by atoms with Crippen LogP contribution in [-0.4, -0.2) is 27.6 Å². The van der Waals surface area contributed by atoms with Gasteiger partial charge < -0.3 is 9.15 Å². The van der Waals surface area contributed by atoms with E-state index in [2.05, 4.69) is 9.97 Å². The van der Waals surface area contributed by atoms with Crippen molar-refractivity contribution in [2.45, 2.75) is 13.5 Å². The normalized spacial score (nSPS) is 11.2. The van der Waals surface area contributed by atoms with Gasteiger partial charge in [-0.2, -0.15) is 0 Å². The van der Waals surface area contributed by atoms with Crippen LogP contribution < -0.4 is 5.56 Å². The molecule has 0 fully saturated rings. The lowest BCUT2D eigenvalue weighted by molar-refractivity contribution is 0.0601. The molecule has 7 nitrogen and oxygen atoms in total. The average molecular weight is 349 g/mol. The number of ether oxygens (including phenoxy) is 1. The summed E-state index contributed by atoms with van der Waals surface area (Å²) in [4.78, 5) is 32.8. The number of aryl methyl sites for hydroxylation is 1. The SMILES string of the molecule is COC(=O)c1ccc(C)c2cc(Cn3cnc4ccncc4c3=O)oc12. The largest absolute Gasteiger partial charge is 0.465 e. The van der Waals surface area contributed by atoms with Gasteiger partial charge in [0.1, 0.15) is 16.9 Å². The Hall–Kier alpha value is -3.48. The summed E-state index contributed by atoms with van der Waals surface area (Å²) >= 11 is 0. The van der Waals surface area contributed by atoms with Crippen molar-refractivity contribution in [2.24, 2.45) is 0 Å². The predicted octanol–water partition coefficient (Wildman–Crippen LogP) is 2.68. The first-order chi connectivity index (χ1) is 12.6. The van der Waals surface area contributed by atoms with E-state index in [9.17, 15) is 9.59 Å². The first-order valence-corrected chi connectivity index (χ1v) is 7.98. The molecule has 0 aliphatic rings. The van der Waals surface area contributed by atoms with Crippen LogP contribution in [0.25, 0.3) is 21.9 Å². The van der Waals surface area contributed by atoms with Gasteiger partial charge in [-0.3, -0.25) is 14.3 Å². The fraction of sp³-hybridized carbons (Fsp3) is 0.158. The number of hydrogen-bond donors (Lipinski definition) is 0. The van der Waals surface area contributed by atoms with E-state index < -0.39 is 5.97 Å². The molecule has 0 N–H and O–H groups in total. The predicted molar refractivity (Wildman–Crippen MR) is 95.2 cm³/mol. The van der Waals surface area contributed by atoms with Crippen molar-refractivity contribution in [1.29, 1.82) is 0 Å². The van der Waals surface area contributed by atoms with Crippen molar-refractivity contribution in [3.05, 3.63) is 70.2 Å². The molecule has 0 spiro atoms. The van der Waals surface area contributed by atoms with Crippen LogP contribution in [0.4, 0.5) is 0 Å². The van der Waals surface area contributed by atoms with Gasteiger partial charge >= 0.3 is 5.97 Å². The molecule has 7 heteroatoms. The first-order valence-electron chi connectivity index (χ1n) is 7.98. The molecule has 4 aromatic rings. The summed E-state index contributed by atoms with van der Waals surface area (Å²) in [5.41, 5.74) is 2.17. The van der Waals surface area contributed by atoms with Crippen LogP contribution in [0.3, 0.4) is 0 Å². The number of hydrogen-bond acceptors (Lipinski definition) is 6. The van der Waals surface area contributed by atoms with Crippen LogP contribution in [0.15, 0.2) is 52.2 Å². The highest BCUT2D eigenvalue weighted by Crippen LogP contribution is 2.27. The fourth-order valence-electron chi connectivity index (χ4n) is 2.94. The van der Waals surface area contributed by atoms with Crippen molar-refractivity contribution >= 4 is 27.8 Å². The summed E-state index contributed by atoms with van der Waals surface area (Å²) in [5.74, 6) is 0.0816. The number of carbonyl (C=O) groups excluding carboxylic acids is 1. The van der Waals surface area contributed by atoms with E-state index in [4.69, 9.17) is 9.15 Å². The van der Waals surface area contributed by atoms with Crippen molar-refractivity contribution < 1.29 is 13.9 Å². The zero-order chi connectivity index (χ0) is 18.3. The highest BCUT2D eigenvalue weighted by Gasteiger charge is 2.17. The summed E-state index contributed by atoms with van der Waals surface area (Å²) in [6.45, 7) is 2.13. The maximum absolute atomic E-state index is 12.6. The lowest BCUT2D eigenvalue weighted by Crippen LogP contribution is -2.21. The van der Waals surface area contributed by atoms with E-state index in [-0.39, 0.29) is 12.1 Å². The molecule has 0 bridgehead atoms. The molecule has 130 valence electrons. The van der Waals surface area contributed by atoms with E-state index >= 15 is 0 Å². The zero-order valence-corrected chi connectivity index (χ0v) is 14.2. The Morgan fingerprint density at radius 3 is 2.92 bits per heavy atom. The van der Waals surface area contributed by atoms with Crippen LogP contribution in [0.2, 0.25) is 0 Å². The summed E-state index contributed by atoms with van der Waals surface area (Å²) in [5, 5.41) is 1.25. The van der Waals surface area contributed by atoms with Gasteiger partial charge in [0.2, 0.25) is 0 Å². The van der Waals surface area contributed by atoms with Crippen LogP contribution in [0.1, 0.15) is 21.7 Å². The Kier molecular flexibility index (Phi) is 3.76. The highest BCUT2D eigenvalue weighted by molar-refractivity contribution is 6.03. The minimum Gasteiger partial charge on any atom is -0.465 e. The van der Waals surface area contributed by atoms with Gasteiger partial charge in [0.25, 0.3) is 5.56 Å². The summed E-state index contributed by atoms with van der Waals surface area (Å²) < 4.78 is 12.1. The minimum atomic E-state index is -0.466. The Labute approximate surface area is 147 Å². The Morgan fingerprint density at radius 2 is 2.12 bits per heavy atom. The molecule has 0 amide bonds. The molecular formula is C19H15N3O4. The first kappa shape index (κ1) is 16.0. The number of fused-ring (bicyclic) bond motifs is 2. The van der Waals surface area contributed by atoms with E-state index in [0.717, 1.165) is 10.9 Å². The van der Waals surface area contributed by atoms with Gasteiger partial charge in [0, 0.05) is 17.8 Å². The van der Waals surface area contributed by atoms with Gasteiger partial charge in [0.15, 0.2) is 0 Å². The molecule has 0 atom stereocenters. The van der Waals surface area contributed by atoms with E-state index in [0.29, 0.717) is 27.8 Å². The monoisotopic (exact) mass is 349 g/mol. The van der Waals surface area contributed by atoms with E-state index in [1.54, 1.807) is 18.3 Å². The summed E-state index contributed by atoms with van der Waals surface area (Å²) in [6.07, 6.45) is 4.57. The zero-order valence-electron chi connectivity index (χ0n) is 14.2. The fourth-order valence-corrected chi connectivity index (χ4v) is 2.94. The second-order valence-corrected chi connectivity index (χ2v) is 5.95. The summed E-state index contributed by atoms with van der Waals surface area (Å²) in [6, 6.07) is 7.03. The Morgan fingerprint density at radius 1 is 1.27 bits per heavy atom. The van der Waals surface area contributed by atoms with Crippen molar-refractivity contribution in [3.63, 3.8) is 0 Å². The number of methoxy groups -OCH3 is 1. The average Bonchev–Trinajstić information content (AvgIpc) is 3.08. The number of nitrogens with zero attached hydrogens (tertiary/aromatic N) is 3. The minimum absolute atomic E-state index is 0.200. The van der Waals surface area contributed by atoms with Crippen molar-refractivity contribution in [1.82, 2.24) is 14.5 Å². The number of rotatable bonds is 3. The van der Waals surface area contributed by atoms with E-state index in [1.807, 2.05) is 19.1 Å². The Balaban J connectivity index is 1.81. The molecule has 0 saturated carbocycles. The molecule has 3 heterocycles. The van der Waals surface area contributed by atoms with E-state index in [1.165, 1.54) is 24.2 Å². The summed E-state index contributed by atoms with van der Waals surface area (Å²) in [7, 11) is 1.33. The maximum Gasteiger partial charge on any atom is 0.341 e. The van der Waals surface area contributed by atoms with Crippen LogP contribution in [0.5, 0.6) is 0 Å². The van der Waals surface area contributed by atoms with Crippen molar-refractivity contribution in [3.8, 4) is 0 Å². The smallest absolute Gasteiger partial charge is 0.341 e. The molecule has 0 saturated heterocycles. The third-order valence-corrected chi connectivity index (χ3v) is 4.31. The standard InChI is InChI=1S/C19H15N3O4/c1-11-3-4-13(19(24)25-2)17-14(11)7-12(26-17)9-22-10-21-16-5-6-20-8-15(16)18(22)23/h3-8,10H,9H2,1-2H3. The maximum atomic E-state index is 12.6. The molecule has 4 rings (SSSR count). The number of furan rings is 1. The number of esters is 1. The third-order valence-electron chi connectivity index (χ3n) is 4.31. The third kappa shape index (κ3) is 2.54. The second kappa shape index (κ2) is 6.11. The van der Waals surface area contributed by atoms with Gasteiger partial charge in [-0.05, 0) is 30.7 Å². The molecule has 1 aromatic carbocycles. The number of pyridine rings is 1. The van der Waals surface area contributed by atoms with Gasteiger partial charge in [-0.25, -0.2) is 9.78 Å². The lowest BCUT2D eigenvalue weighted by atomic mass is 10.1. The Bertz CT molecular complexity index is 1210. The van der Waals surface area contributed by atoms with Crippen LogP contribution in [-0.2, 0) is 11.3 Å². The molecular weight excluding hydrogens is 334 g/mol. The number of carbonyl (C=O) groups is 1. The van der Waals surface area contributed by atoms with Crippen LogP contribution >= 0.6 is 0 Å². The molecule has 3 aromatic heterocycles. The molecule has 0 aliphatic heterocycles. The highest BCUT2D eigenvalue weighted by atomic mass is 16.5. The second-order valence-electron chi connectivity index (χ2n) is 5.95. The lowest BCUT2D eigenvalue weighted by Gasteiger charge is -2.04. The molecule has 0 aliphatic carbocycles. The van der Waals surface area contributed by atoms with Gasteiger partial charge in [0.05, 0.1) is 30.9 Å². The molecule has 26 heavy (non-hydrogen) atoms.